The Morgan fingerprint density at radius 1 is 0.639 bits per heavy atom. The monoisotopic (exact) mass is 481 g/mol. The maximum atomic E-state index is 13.1. The molecule has 4 saturated heterocycles. The number of carbonyl (C=O) groups excluding carboxylic acids is 2. The molecule has 3 aromatic rings. The van der Waals surface area contributed by atoms with E-state index in [0.29, 0.717) is 50.3 Å². The summed E-state index contributed by atoms with van der Waals surface area (Å²) in [7, 11) is 0. The van der Waals surface area contributed by atoms with E-state index in [1.165, 1.54) is 0 Å². The summed E-state index contributed by atoms with van der Waals surface area (Å²) in [6, 6.07) is 25.6. The van der Waals surface area contributed by atoms with E-state index in [9.17, 15) is 9.59 Å². The standard InChI is InChI=1S/C29H27N3O4/c33-26-14-16-28(31(26)22(18-35-28)20-8-3-1-4-9-20)24-12-7-13-25(30-24)29-17-15-27(34)32(29)23(19-36-29)21-10-5-2-6-11-21/h1-13,22-23H,14-19H2/t22-,23-,28+,29+/m0/s1. The summed E-state index contributed by atoms with van der Waals surface area (Å²) >= 11 is 0. The van der Waals surface area contributed by atoms with Gasteiger partial charge in [0.05, 0.1) is 36.7 Å². The summed E-state index contributed by atoms with van der Waals surface area (Å²) in [5.74, 6) is 0.149. The molecule has 0 spiro atoms. The third kappa shape index (κ3) is 2.96. The van der Waals surface area contributed by atoms with E-state index in [2.05, 4.69) is 0 Å². The number of benzene rings is 2. The maximum Gasteiger partial charge on any atom is 0.225 e. The molecule has 0 radical (unpaired) electrons. The Balaban J connectivity index is 1.28. The SMILES string of the molecule is O=C1CC[C@]2(c3cccc([C@]45CCC(=O)N4[C@H](c4ccccc4)CO5)n3)OC[C@@H](c3ccccc3)N12. The number of hydrogen-bond donors (Lipinski definition) is 0. The van der Waals surface area contributed by atoms with Gasteiger partial charge in [0, 0.05) is 25.7 Å². The Kier molecular flexibility index (Phi) is 4.81. The molecule has 4 aliphatic rings. The van der Waals surface area contributed by atoms with Crippen LogP contribution in [0.15, 0.2) is 78.9 Å². The first-order valence-corrected chi connectivity index (χ1v) is 12.6. The van der Waals surface area contributed by atoms with Gasteiger partial charge in [-0.3, -0.25) is 19.4 Å². The molecule has 4 fully saturated rings. The van der Waals surface area contributed by atoms with E-state index in [1.807, 2.05) is 88.7 Å². The third-order valence-electron chi connectivity index (χ3n) is 8.17. The molecule has 2 amide bonds. The van der Waals surface area contributed by atoms with Crippen molar-refractivity contribution in [3.05, 3.63) is 101 Å². The Bertz CT molecular complexity index is 1230. The van der Waals surface area contributed by atoms with Crippen molar-refractivity contribution in [2.45, 2.75) is 49.2 Å². The minimum absolute atomic E-state index is 0.0747. The van der Waals surface area contributed by atoms with Gasteiger partial charge in [-0.2, -0.15) is 0 Å². The van der Waals surface area contributed by atoms with Gasteiger partial charge in [-0.05, 0) is 23.3 Å². The van der Waals surface area contributed by atoms with Crippen LogP contribution in [0.4, 0.5) is 0 Å². The zero-order chi connectivity index (χ0) is 24.3. The summed E-state index contributed by atoms with van der Waals surface area (Å²) in [5, 5.41) is 0. The predicted octanol–water partition coefficient (Wildman–Crippen LogP) is 4.18. The second kappa shape index (κ2) is 7.98. The number of rotatable bonds is 4. The van der Waals surface area contributed by atoms with Crippen molar-refractivity contribution in [2.75, 3.05) is 13.2 Å². The van der Waals surface area contributed by atoms with Gasteiger partial charge >= 0.3 is 0 Å². The van der Waals surface area contributed by atoms with Crippen LogP contribution >= 0.6 is 0 Å². The molecule has 182 valence electrons. The molecule has 5 heterocycles. The lowest BCUT2D eigenvalue weighted by molar-refractivity contribution is -0.140. The first-order chi connectivity index (χ1) is 17.6. The minimum Gasteiger partial charge on any atom is -0.347 e. The molecular formula is C29H27N3O4. The molecule has 2 aromatic carbocycles. The van der Waals surface area contributed by atoms with Gasteiger partial charge < -0.3 is 9.47 Å². The molecule has 0 saturated carbocycles. The lowest BCUT2D eigenvalue weighted by atomic mass is 10.0. The predicted molar refractivity (Wildman–Crippen MR) is 130 cm³/mol. The number of carbonyl (C=O) groups is 2. The zero-order valence-electron chi connectivity index (χ0n) is 19.9. The number of pyridine rings is 1. The Morgan fingerprint density at radius 3 is 1.53 bits per heavy atom. The lowest BCUT2D eigenvalue weighted by Gasteiger charge is -2.35. The van der Waals surface area contributed by atoms with Gasteiger partial charge in [0.25, 0.3) is 0 Å². The van der Waals surface area contributed by atoms with E-state index in [-0.39, 0.29) is 23.9 Å². The van der Waals surface area contributed by atoms with Crippen molar-refractivity contribution >= 4 is 11.8 Å². The number of amides is 2. The maximum absolute atomic E-state index is 13.1. The van der Waals surface area contributed by atoms with Gasteiger partial charge in [0.2, 0.25) is 11.8 Å². The second-order valence-corrected chi connectivity index (χ2v) is 9.98. The molecule has 7 heteroatoms. The van der Waals surface area contributed by atoms with Gasteiger partial charge in [0.1, 0.15) is 0 Å². The van der Waals surface area contributed by atoms with Crippen LogP contribution < -0.4 is 0 Å². The van der Waals surface area contributed by atoms with E-state index in [0.717, 1.165) is 11.1 Å². The fourth-order valence-corrected chi connectivity index (χ4v) is 6.52. The van der Waals surface area contributed by atoms with Crippen molar-refractivity contribution in [3.8, 4) is 0 Å². The Hall–Kier alpha value is -3.55. The Morgan fingerprint density at radius 2 is 1.08 bits per heavy atom. The highest BCUT2D eigenvalue weighted by atomic mass is 16.5. The molecular weight excluding hydrogens is 454 g/mol. The molecule has 0 N–H and O–H groups in total. The molecule has 0 aliphatic carbocycles. The lowest BCUT2D eigenvalue weighted by Crippen LogP contribution is -2.43. The van der Waals surface area contributed by atoms with Crippen molar-refractivity contribution in [1.82, 2.24) is 14.8 Å². The van der Waals surface area contributed by atoms with Crippen LogP contribution in [0, 0.1) is 0 Å². The zero-order valence-corrected chi connectivity index (χ0v) is 19.9. The number of ether oxygens (including phenoxy) is 2. The normalized spacial score (nSPS) is 31.2. The average Bonchev–Trinajstić information content (AvgIpc) is 3.67. The van der Waals surface area contributed by atoms with Crippen LogP contribution in [0.25, 0.3) is 0 Å². The molecule has 1 aromatic heterocycles. The van der Waals surface area contributed by atoms with Crippen LogP contribution in [0.2, 0.25) is 0 Å². The first kappa shape index (κ1) is 21.7. The van der Waals surface area contributed by atoms with Crippen molar-refractivity contribution < 1.29 is 19.1 Å². The number of nitrogens with zero attached hydrogens (tertiary/aromatic N) is 3. The average molecular weight is 482 g/mol. The van der Waals surface area contributed by atoms with Crippen LogP contribution in [-0.4, -0.2) is 39.8 Å². The van der Waals surface area contributed by atoms with Gasteiger partial charge in [-0.1, -0.05) is 66.7 Å². The number of fused-ring (bicyclic) bond motifs is 2. The van der Waals surface area contributed by atoms with Gasteiger partial charge in [-0.15, -0.1) is 0 Å². The molecule has 36 heavy (non-hydrogen) atoms. The topological polar surface area (TPSA) is 72.0 Å². The highest BCUT2D eigenvalue weighted by molar-refractivity contribution is 5.81. The molecule has 4 atom stereocenters. The van der Waals surface area contributed by atoms with E-state index in [4.69, 9.17) is 14.5 Å². The minimum atomic E-state index is -0.908. The van der Waals surface area contributed by atoms with Crippen molar-refractivity contribution in [2.24, 2.45) is 0 Å². The van der Waals surface area contributed by atoms with Crippen LogP contribution in [-0.2, 0) is 30.5 Å². The quantitative estimate of drug-likeness (QED) is 0.559. The van der Waals surface area contributed by atoms with E-state index >= 15 is 0 Å². The largest absolute Gasteiger partial charge is 0.347 e. The number of aromatic nitrogens is 1. The third-order valence-corrected chi connectivity index (χ3v) is 8.17. The summed E-state index contributed by atoms with van der Waals surface area (Å²) in [6.07, 6.45) is 1.93. The fourth-order valence-electron chi connectivity index (χ4n) is 6.52. The fraction of sp³-hybridized carbons (Fsp3) is 0.345. The highest BCUT2D eigenvalue weighted by Crippen LogP contribution is 2.53. The van der Waals surface area contributed by atoms with Crippen LogP contribution in [0.5, 0.6) is 0 Å². The van der Waals surface area contributed by atoms with Crippen molar-refractivity contribution in [3.63, 3.8) is 0 Å². The molecule has 0 unspecified atom stereocenters. The van der Waals surface area contributed by atoms with E-state index in [1.54, 1.807) is 0 Å². The summed E-state index contributed by atoms with van der Waals surface area (Å²) in [4.78, 5) is 35.1. The highest BCUT2D eigenvalue weighted by Gasteiger charge is 2.59. The summed E-state index contributed by atoms with van der Waals surface area (Å²) in [5.41, 5.74) is 1.70. The number of hydrogen-bond acceptors (Lipinski definition) is 5. The van der Waals surface area contributed by atoms with Crippen LogP contribution in [0.3, 0.4) is 0 Å². The first-order valence-electron chi connectivity index (χ1n) is 12.6. The summed E-state index contributed by atoms with van der Waals surface area (Å²) < 4.78 is 12.9. The molecule has 4 aliphatic heterocycles. The Labute approximate surface area is 209 Å². The summed E-state index contributed by atoms with van der Waals surface area (Å²) in [6.45, 7) is 0.841. The van der Waals surface area contributed by atoms with E-state index < -0.39 is 11.4 Å². The van der Waals surface area contributed by atoms with Crippen LogP contribution in [0.1, 0.15) is 60.3 Å². The molecule has 7 rings (SSSR count). The van der Waals surface area contributed by atoms with Gasteiger partial charge in [-0.25, -0.2) is 4.98 Å². The molecule has 7 nitrogen and oxygen atoms in total. The van der Waals surface area contributed by atoms with Crippen molar-refractivity contribution in [1.29, 1.82) is 0 Å². The smallest absolute Gasteiger partial charge is 0.225 e. The second-order valence-electron chi connectivity index (χ2n) is 9.98. The van der Waals surface area contributed by atoms with Gasteiger partial charge in [0.15, 0.2) is 11.4 Å². The molecule has 0 bridgehead atoms.